The molecule has 0 saturated carbocycles. The molecule has 7 heteroatoms. The van der Waals surface area contributed by atoms with Gasteiger partial charge in [-0.3, -0.25) is 14.2 Å². The molecule has 1 aromatic carbocycles. The zero-order chi connectivity index (χ0) is 19.8. The minimum atomic E-state index is -0.194. The highest BCUT2D eigenvalue weighted by Gasteiger charge is 2.23. The van der Waals surface area contributed by atoms with Gasteiger partial charge in [-0.25, -0.2) is 4.98 Å². The second-order valence-electron chi connectivity index (χ2n) is 7.00. The van der Waals surface area contributed by atoms with Crippen LogP contribution in [0.15, 0.2) is 29.1 Å². The average molecular weight is 397 g/mol. The van der Waals surface area contributed by atoms with Crippen molar-refractivity contribution in [3.05, 3.63) is 50.9 Å². The lowest BCUT2D eigenvalue weighted by molar-refractivity contribution is 0.103. The molecule has 0 spiro atoms. The number of carbonyl (C=O) groups is 1. The first-order chi connectivity index (χ1) is 13.5. The van der Waals surface area contributed by atoms with Gasteiger partial charge in [-0.1, -0.05) is 0 Å². The van der Waals surface area contributed by atoms with Gasteiger partial charge in [0.25, 0.3) is 11.5 Å². The standard InChI is InChI=1S/C21H24N4O2S/c1-4-24(5-2)15-10-8-14(9-11-15)22-19(26)18-13(3)17-20(28-18)23-16-7-6-12-25(16)21(17)27/h8-11H,4-7,12H2,1-3H3,(H,22,26). The van der Waals surface area contributed by atoms with Gasteiger partial charge < -0.3 is 10.2 Å². The molecule has 0 radical (unpaired) electrons. The molecule has 0 bridgehead atoms. The first kappa shape index (κ1) is 18.7. The molecule has 0 atom stereocenters. The van der Waals surface area contributed by atoms with Crippen molar-refractivity contribution in [1.29, 1.82) is 0 Å². The second-order valence-corrected chi connectivity index (χ2v) is 8.00. The largest absolute Gasteiger partial charge is 0.372 e. The van der Waals surface area contributed by atoms with Crippen molar-refractivity contribution in [3.63, 3.8) is 0 Å². The summed E-state index contributed by atoms with van der Waals surface area (Å²) in [5, 5.41) is 3.54. The number of anilines is 2. The number of benzene rings is 1. The number of thiophene rings is 1. The number of fused-ring (bicyclic) bond motifs is 2. The first-order valence-electron chi connectivity index (χ1n) is 9.72. The summed E-state index contributed by atoms with van der Waals surface area (Å²) in [5.74, 6) is 0.637. The first-order valence-corrected chi connectivity index (χ1v) is 10.5. The maximum atomic E-state index is 12.9. The molecule has 0 unspecified atom stereocenters. The number of amides is 1. The van der Waals surface area contributed by atoms with E-state index >= 15 is 0 Å². The number of aryl methyl sites for hydroxylation is 2. The summed E-state index contributed by atoms with van der Waals surface area (Å²) in [5.41, 5.74) is 2.57. The second kappa shape index (κ2) is 7.39. The van der Waals surface area contributed by atoms with Gasteiger partial charge in [0, 0.05) is 37.4 Å². The summed E-state index contributed by atoms with van der Waals surface area (Å²) >= 11 is 1.30. The van der Waals surface area contributed by atoms with E-state index in [1.165, 1.54) is 11.3 Å². The van der Waals surface area contributed by atoms with E-state index in [0.29, 0.717) is 21.6 Å². The van der Waals surface area contributed by atoms with Crippen molar-refractivity contribution < 1.29 is 4.79 Å². The summed E-state index contributed by atoms with van der Waals surface area (Å²) in [7, 11) is 0. The number of hydrogen-bond acceptors (Lipinski definition) is 5. The molecule has 1 N–H and O–H groups in total. The van der Waals surface area contributed by atoms with Crippen LogP contribution in [0.5, 0.6) is 0 Å². The normalized spacial score (nSPS) is 13.0. The van der Waals surface area contributed by atoms with Gasteiger partial charge in [-0.05, 0) is 57.0 Å². The Balaban J connectivity index is 1.62. The van der Waals surface area contributed by atoms with Crippen molar-refractivity contribution in [2.24, 2.45) is 0 Å². The molecule has 4 rings (SSSR count). The predicted octanol–water partition coefficient (Wildman–Crippen LogP) is 3.81. The molecule has 3 aromatic rings. The quantitative estimate of drug-likeness (QED) is 0.712. The fraction of sp³-hybridized carbons (Fsp3) is 0.381. The predicted molar refractivity (Wildman–Crippen MR) is 115 cm³/mol. The molecule has 0 aliphatic carbocycles. The molecule has 2 aromatic heterocycles. The third kappa shape index (κ3) is 3.09. The van der Waals surface area contributed by atoms with Crippen molar-refractivity contribution in [1.82, 2.24) is 9.55 Å². The molecule has 1 aliphatic heterocycles. The van der Waals surface area contributed by atoms with E-state index in [-0.39, 0.29) is 11.5 Å². The van der Waals surface area contributed by atoms with Crippen molar-refractivity contribution in [2.75, 3.05) is 23.3 Å². The highest BCUT2D eigenvalue weighted by Crippen LogP contribution is 2.29. The Hall–Kier alpha value is -2.67. The summed E-state index contributed by atoms with van der Waals surface area (Å²) < 4.78 is 1.75. The van der Waals surface area contributed by atoms with Crippen LogP contribution in [-0.4, -0.2) is 28.5 Å². The number of nitrogens with zero attached hydrogens (tertiary/aromatic N) is 3. The number of nitrogens with one attached hydrogen (secondary N) is 1. The van der Waals surface area contributed by atoms with E-state index in [0.717, 1.165) is 48.7 Å². The monoisotopic (exact) mass is 396 g/mol. The van der Waals surface area contributed by atoms with Gasteiger partial charge in [-0.15, -0.1) is 11.3 Å². The Kier molecular flexibility index (Phi) is 4.93. The number of carbonyl (C=O) groups excluding carboxylic acids is 1. The highest BCUT2D eigenvalue weighted by atomic mass is 32.1. The molecule has 0 saturated heterocycles. The maximum Gasteiger partial charge on any atom is 0.266 e. The number of rotatable bonds is 5. The van der Waals surface area contributed by atoms with Crippen molar-refractivity contribution >= 4 is 38.8 Å². The maximum absolute atomic E-state index is 12.9. The van der Waals surface area contributed by atoms with Crippen LogP contribution in [0.25, 0.3) is 10.2 Å². The topological polar surface area (TPSA) is 67.2 Å². The highest BCUT2D eigenvalue weighted by molar-refractivity contribution is 7.20. The van der Waals surface area contributed by atoms with Gasteiger partial charge in [0.15, 0.2) is 0 Å². The van der Waals surface area contributed by atoms with Crippen LogP contribution >= 0.6 is 11.3 Å². The molecule has 0 fully saturated rings. The Morgan fingerprint density at radius 1 is 1.25 bits per heavy atom. The molecule has 1 amide bonds. The lowest BCUT2D eigenvalue weighted by Gasteiger charge is -2.21. The summed E-state index contributed by atoms with van der Waals surface area (Å²) in [6.07, 6.45) is 1.78. The van der Waals surface area contributed by atoms with Crippen LogP contribution in [0.2, 0.25) is 0 Å². The van der Waals surface area contributed by atoms with Crippen LogP contribution in [-0.2, 0) is 13.0 Å². The minimum Gasteiger partial charge on any atom is -0.372 e. The average Bonchev–Trinajstić information content (AvgIpc) is 3.29. The van der Waals surface area contributed by atoms with Gasteiger partial charge in [0.2, 0.25) is 0 Å². The van der Waals surface area contributed by atoms with Crippen LogP contribution in [0.1, 0.15) is 41.3 Å². The Morgan fingerprint density at radius 2 is 1.96 bits per heavy atom. The van der Waals surface area contributed by atoms with Crippen LogP contribution in [0.3, 0.4) is 0 Å². The van der Waals surface area contributed by atoms with Gasteiger partial charge in [0.1, 0.15) is 10.7 Å². The molecule has 6 nitrogen and oxygen atoms in total. The molecular weight excluding hydrogens is 372 g/mol. The van der Waals surface area contributed by atoms with Crippen LogP contribution < -0.4 is 15.8 Å². The number of aromatic nitrogens is 2. The van der Waals surface area contributed by atoms with Crippen LogP contribution in [0.4, 0.5) is 11.4 Å². The van der Waals surface area contributed by atoms with Crippen molar-refractivity contribution in [2.45, 2.75) is 40.2 Å². The van der Waals surface area contributed by atoms with E-state index in [4.69, 9.17) is 0 Å². The summed E-state index contributed by atoms with van der Waals surface area (Å²) in [6, 6.07) is 7.85. The fourth-order valence-corrected chi connectivity index (χ4v) is 4.91. The van der Waals surface area contributed by atoms with E-state index in [1.807, 2.05) is 31.2 Å². The smallest absolute Gasteiger partial charge is 0.266 e. The molecule has 1 aliphatic rings. The van der Waals surface area contributed by atoms with E-state index in [2.05, 4.69) is 29.0 Å². The van der Waals surface area contributed by atoms with E-state index < -0.39 is 0 Å². The summed E-state index contributed by atoms with van der Waals surface area (Å²) in [4.78, 5) is 33.7. The third-order valence-electron chi connectivity index (χ3n) is 5.37. The van der Waals surface area contributed by atoms with Gasteiger partial charge >= 0.3 is 0 Å². The molecule has 146 valence electrons. The third-order valence-corrected chi connectivity index (χ3v) is 6.56. The zero-order valence-electron chi connectivity index (χ0n) is 16.4. The minimum absolute atomic E-state index is 0.0196. The SMILES string of the molecule is CCN(CC)c1ccc(NC(=O)c2sc3nc4n(c(=O)c3c2C)CCC4)cc1. The van der Waals surface area contributed by atoms with Crippen molar-refractivity contribution in [3.8, 4) is 0 Å². The molecule has 3 heterocycles. The van der Waals surface area contributed by atoms with E-state index in [9.17, 15) is 9.59 Å². The van der Waals surface area contributed by atoms with Crippen LogP contribution in [0, 0.1) is 6.92 Å². The Bertz CT molecular complexity index is 1090. The molecular formula is C21H24N4O2S. The Morgan fingerprint density at radius 3 is 2.64 bits per heavy atom. The molecule has 28 heavy (non-hydrogen) atoms. The van der Waals surface area contributed by atoms with E-state index in [1.54, 1.807) is 4.57 Å². The summed E-state index contributed by atoms with van der Waals surface area (Å²) in [6.45, 7) is 8.67. The lowest BCUT2D eigenvalue weighted by Crippen LogP contribution is -2.21. The fourth-order valence-electron chi connectivity index (χ4n) is 3.82. The lowest BCUT2D eigenvalue weighted by atomic mass is 10.2. The Labute approximate surface area is 167 Å². The van der Waals surface area contributed by atoms with Gasteiger partial charge in [-0.2, -0.15) is 0 Å². The number of hydrogen-bond donors (Lipinski definition) is 1. The van der Waals surface area contributed by atoms with Gasteiger partial charge in [0.05, 0.1) is 10.3 Å². The zero-order valence-corrected chi connectivity index (χ0v) is 17.2.